The highest BCUT2D eigenvalue weighted by Crippen LogP contribution is 2.14. The molecule has 0 unspecified atom stereocenters. The maximum absolute atomic E-state index is 11.3. The second-order valence-corrected chi connectivity index (χ2v) is 3.98. The molecule has 1 amide bonds. The number of primary amides is 1. The number of amides is 1. The zero-order valence-electron chi connectivity index (χ0n) is 10.9. The molecule has 0 saturated heterocycles. The minimum atomic E-state index is -0.528. The first-order valence-electron chi connectivity index (χ1n) is 6.10. The molecule has 6 nitrogen and oxygen atoms in total. The number of nitrogens with two attached hydrogens (primary N) is 2. The van der Waals surface area contributed by atoms with Crippen molar-refractivity contribution in [2.45, 2.75) is 13.8 Å². The molecule has 0 radical (unpaired) electrons. The van der Waals surface area contributed by atoms with Crippen molar-refractivity contribution >= 4 is 17.4 Å². The second-order valence-electron chi connectivity index (χ2n) is 3.98. The number of aromatic nitrogens is 1. The number of rotatable bonds is 7. The lowest BCUT2D eigenvalue weighted by atomic mass is 10.2. The summed E-state index contributed by atoms with van der Waals surface area (Å²) in [6.07, 6.45) is 1.51. The summed E-state index contributed by atoms with van der Waals surface area (Å²) in [4.78, 5) is 17.6. The van der Waals surface area contributed by atoms with Gasteiger partial charge in [0.1, 0.15) is 5.82 Å². The van der Waals surface area contributed by atoms with E-state index in [0.717, 1.165) is 19.6 Å². The zero-order valence-corrected chi connectivity index (χ0v) is 10.9. The molecule has 1 aromatic heterocycles. The van der Waals surface area contributed by atoms with Gasteiger partial charge >= 0.3 is 0 Å². The van der Waals surface area contributed by atoms with Crippen LogP contribution in [0.3, 0.4) is 0 Å². The van der Waals surface area contributed by atoms with Gasteiger partial charge in [-0.3, -0.25) is 4.79 Å². The standard InChI is InChI=1S/C12H21N5O/c1-3-17(4-2)6-5-15-12-10(11(14)18)7-9(13)8-16-12/h7-8H,3-6,13H2,1-2H3,(H2,14,18)(H,15,16). The van der Waals surface area contributed by atoms with E-state index in [1.165, 1.54) is 12.3 Å². The molecule has 0 fully saturated rings. The van der Waals surface area contributed by atoms with E-state index in [-0.39, 0.29) is 0 Å². The first-order chi connectivity index (χ1) is 8.58. The number of carbonyl (C=O) groups excluding carboxylic acids is 1. The third-order valence-corrected chi connectivity index (χ3v) is 2.79. The Hall–Kier alpha value is -1.82. The Morgan fingerprint density at radius 2 is 2.11 bits per heavy atom. The summed E-state index contributed by atoms with van der Waals surface area (Å²) in [6.45, 7) is 7.81. The summed E-state index contributed by atoms with van der Waals surface area (Å²) in [6, 6.07) is 1.54. The predicted octanol–water partition coefficient (Wildman–Crippen LogP) is 0.516. The number of nitrogens with one attached hydrogen (secondary N) is 1. The third-order valence-electron chi connectivity index (χ3n) is 2.79. The average Bonchev–Trinajstić information content (AvgIpc) is 2.36. The second kappa shape index (κ2) is 6.80. The van der Waals surface area contributed by atoms with Crippen molar-refractivity contribution in [2.75, 3.05) is 37.2 Å². The largest absolute Gasteiger partial charge is 0.397 e. The molecule has 1 aromatic rings. The van der Waals surface area contributed by atoms with Crippen LogP contribution in [0.15, 0.2) is 12.3 Å². The quantitative estimate of drug-likeness (QED) is 0.656. The van der Waals surface area contributed by atoms with Crippen molar-refractivity contribution in [2.24, 2.45) is 5.73 Å². The Kier molecular flexibility index (Phi) is 5.38. The van der Waals surface area contributed by atoms with Gasteiger partial charge < -0.3 is 21.7 Å². The highest BCUT2D eigenvalue weighted by Gasteiger charge is 2.10. The molecule has 0 aliphatic heterocycles. The fourth-order valence-electron chi connectivity index (χ4n) is 1.68. The maximum atomic E-state index is 11.3. The van der Waals surface area contributed by atoms with Crippen LogP contribution in [0, 0.1) is 0 Å². The number of hydrogen-bond donors (Lipinski definition) is 3. The van der Waals surface area contributed by atoms with E-state index in [0.29, 0.717) is 23.6 Å². The van der Waals surface area contributed by atoms with Crippen LogP contribution in [-0.4, -0.2) is 42.0 Å². The van der Waals surface area contributed by atoms with Crippen LogP contribution in [0.4, 0.5) is 11.5 Å². The van der Waals surface area contributed by atoms with Gasteiger partial charge in [0.05, 0.1) is 17.4 Å². The van der Waals surface area contributed by atoms with Crippen LogP contribution in [-0.2, 0) is 0 Å². The van der Waals surface area contributed by atoms with Crippen LogP contribution in [0.5, 0.6) is 0 Å². The number of anilines is 2. The van der Waals surface area contributed by atoms with Crippen LogP contribution in [0.1, 0.15) is 24.2 Å². The smallest absolute Gasteiger partial charge is 0.252 e. The maximum Gasteiger partial charge on any atom is 0.252 e. The van der Waals surface area contributed by atoms with Crippen LogP contribution < -0.4 is 16.8 Å². The summed E-state index contributed by atoms with van der Waals surface area (Å²) in [5.74, 6) is -0.0380. The minimum Gasteiger partial charge on any atom is -0.397 e. The van der Waals surface area contributed by atoms with Crippen molar-refractivity contribution in [3.63, 3.8) is 0 Å². The molecule has 0 bridgehead atoms. The summed E-state index contributed by atoms with van der Waals surface area (Å²) < 4.78 is 0. The molecule has 0 saturated carbocycles. The van der Waals surface area contributed by atoms with E-state index in [1.807, 2.05) is 0 Å². The Balaban J connectivity index is 2.64. The number of hydrogen-bond acceptors (Lipinski definition) is 5. The van der Waals surface area contributed by atoms with Gasteiger partial charge in [-0.05, 0) is 19.2 Å². The Morgan fingerprint density at radius 3 is 2.67 bits per heavy atom. The number of carbonyl (C=O) groups is 1. The molecular weight excluding hydrogens is 230 g/mol. The van der Waals surface area contributed by atoms with Gasteiger partial charge in [0.2, 0.25) is 0 Å². The Morgan fingerprint density at radius 1 is 1.44 bits per heavy atom. The van der Waals surface area contributed by atoms with Crippen molar-refractivity contribution in [1.29, 1.82) is 0 Å². The van der Waals surface area contributed by atoms with Crippen molar-refractivity contribution in [1.82, 2.24) is 9.88 Å². The number of nitrogens with zero attached hydrogens (tertiary/aromatic N) is 2. The Bertz CT molecular complexity index is 403. The summed E-state index contributed by atoms with van der Waals surface area (Å²) in [5.41, 5.74) is 11.6. The molecule has 5 N–H and O–H groups in total. The topological polar surface area (TPSA) is 97.3 Å². The zero-order chi connectivity index (χ0) is 13.5. The van der Waals surface area contributed by atoms with Crippen molar-refractivity contribution < 1.29 is 4.79 Å². The molecular formula is C12H21N5O. The van der Waals surface area contributed by atoms with Crippen LogP contribution >= 0.6 is 0 Å². The fourth-order valence-corrected chi connectivity index (χ4v) is 1.68. The van der Waals surface area contributed by atoms with E-state index in [9.17, 15) is 4.79 Å². The van der Waals surface area contributed by atoms with E-state index in [1.54, 1.807) is 0 Å². The molecule has 1 rings (SSSR count). The number of nitrogen functional groups attached to an aromatic ring is 1. The molecule has 0 spiro atoms. The molecule has 18 heavy (non-hydrogen) atoms. The van der Waals surface area contributed by atoms with Crippen molar-refractivity contribution in [3.05, 3.63) is 17.8 Å². The van der Waals surface area contributed by atoms with E-state index in [4.69, 9.17) is 11.5 Å². The van der Waals surface area contributed by atoms with Crippen molar-refractivity contribution in [3.8, 4) is 0 Å². The first-order valence-corrected chi connectivity index (χ1v) is 6.10. The van der Waals surface area contributed by atoms with E-state index < -0.39 is 5.91 Å². The molecule has 1 heterocycles. The summed E-state index contributed by atoms with van der Waals surface area (Å²) in [7, 11) is 0. The van der Waals surface area contributed by atoms with Gasteiger partial charge in [-0.15, -0.1) is 0 Å². The Labute approximate surface area is 107 Å². The highest BCUT2D eigenvalue weighted by atomic mass is 16.1. The van der Waals surface area contributed by atoms with E-state index in [2.05, 4.69) is 29.0 Å². The highest BCUT2D eigenvalue weighted by molar-refractivity contribution is 5.98. The minimum absolute atomic E-state index is 0.328. The average molecular weight is 251 g/mol. The SMILES string of the molecule is CCN(CC)CCNc1ncc(N)cc1C(N)=O. The first kappa shape index (κ1) is 14.2. The van der Waals surface area contributed by atoms with Gasteiger partial charge in [0.25, 0.3) is 5.91 Å². The lowest BCUT2D eigenvalue weighted by molar-refractivity contribution is 0.100. The molecule has 0 atom stereocenters. The predicted molar refractivity (Wildman–Crippen MR) is 73.4 cm³/mol. The number of pyridine rings is 1. The molecule has 0 aliphatic carbocycles. The lowest BCUT2D eigenvalue weighted by Crippen LogP contribution is -2.29. The molecule has 0 aromatic carbocycles. The third kappa shape index (κ3) is 3.89. The molecule has 0 aliphatic rings. The number of likely N-dealkylation sites (N-methyl/N-ethyl adjacent to an activating group) is 1. The summed E-state index contributed by atoms with van der Waals surface area (Å²) in [5, 5.41) is 3.11. The normalized spacial score (nSPS) is 10.6. The van der Waals surface area contributed by atoms with Gasteiger partial charge in [-0.25, -0.2) is 4.98 Å². The fraction of sp³-hybridized carbons (Fsp3) is 0.500. The van der Waals surface area contributed by atoms with Gasteiger partial charge in [-0.2, -0.15) is 0 Å². The van der Waals surface area contributed by atoms with Crippen LogP contribution in [0.2, 0.25) is 0 Å². The monoisotopic (exact) mass is 251 g/mol. The lowest BCUT2D eigenvalue weighted by Gasteiger charge is -2.18. The molecule has 100 valence electrons. The molecule has 6 heteroatoms. The van der Waals surface area contributed by atoms with Gasteiger partial charge in [-0.1, -0.05) is 13.8 Å². The summed E-state index contributed by atoms with van der Waals surface area (Å²) >= 11 is 0. The van der Waals surface area contributed by atoms with Crippen LogP contribution in [0.25, 0.3) is 0 Å². The van der Waals surface area contributed by atoms with Gasteiger partial charge in [0.15, 0.2) is 0 Å². The van der Waals surface area contributed by atoms with E-state index >= 15 is 0 Å². The van der Waals surface area contributed by atoms with Gasteiger partial charge in [0, 0.05) is 13.1 Å².